The summed E-state index contributed by atoms with van der Waals surface area (Å²) in [5, 5.41) is 5.86. The molecule has 0 aliphatic rings. The van der Waals surface area contributed by atoms with Gasteiger partial charge in [-0.25, -0.2) is 8.42 Å². The van der Waals surface area contributed by atoms with Gasteiger partial charge >= 0.3 is 0 Å². The molecule has 0 atom stereocenters. The Morgan fingerprint density at radius 3 is 2.57 bits per heavy atom. The minimum atomic E-state index is -3.46. The minimum absolute atomic E-state index is 0.0776. The van der Waals surface area contributed by atoms with E-state index in [0.717, 1.165) is 11.3 Å². The van der Waals surface area contributed by atoms with E-state index >= 15 is 0 Å². The molecule has 0 unspecified atom stereocenters. The van der Waals surface area contributed by atoms with Gasteiger partial charge in [0.05, 0.1) is 34.7 Å². The number of furan rings is 1. The summed E-state index contributed by atoms with van der Waals surface area (Å²) in [5.41, 5.74) is 0.697. The Kier molecular flexibility index (Phi) is 6.43. The minimum Gasteiger partial charge on any atom is -0.494 e. The Morgan fingerprint density at radius 1 is 1.10 bits per heavy atom. The van der Waals surface area contributed by atoms with E-state index in [0.29, 0.717) is 15.6 Å². The van der Waals surface area contributed by atoms with E-state index in [1.54, 1.807) is 24.3 Å². The molecule has 2 amide bonds. The average molecular weight is 450 g/mol. The first-order valence-corrected chi connectivity index (χ1v) is 11.2. The molecule has 3 N–H and O–H groups in total. The van der Waals surface area contributed by atoms with Crippen LogP contribution in [0.3, 0.4) is 0 Å². The summed E-state index contributed by atoms with van der Waals surface area (Å²) in [5.74, 6) is -0.444. The maximum absolute atomic E-state index is 12.5. The molecule has 3 aromatic rings. The molecule has 0 radical (unpaired) electrons. The van der Waals surface area contributed by atoms with E-state index in [9.17, 15) is 18.0 Å². The number of carbonyl (C=O) groups excluding carboxylic acids is 2. The van der Waals surface area contributed by atoms with Crippen molar-refractivity contribution in [1.82, 2.24) is 0 Å². The standard InChI is InChI=1S/C19H19N3O6S2/c1-3-30(25,26)22-13-7-6-12(11-15(13)27-2)20-19(24)16-8-9-17(29-16)21-18(23)14-5-4-10-28-14/h4-11,22H,3H2,1-2H3,(H,20,24)(H,21,23). The van der Waals surface area contributed by atoms with Gasteiger partial charge in [-0.3, -0.25) is 14.3 Å². The molecule has 2 heterocycles. The van der Waals surface area contributed by atoms with Crippen molar-refractivity contribution in [3.63, 3.8) is 0 Å². The molecule has 0 saturated heterocycles. The molecule has 30 heavy (non-hydrogen) atoms. The lowest BCUT2D eigenvalue weighted by Crippen LogP contribution is -2.15. The van der Waals surface area contributed by atoms with Gasteiger partial charge in [-0.05, 0) is 43.3 Å². The van der Waals surface area contributed by atoms with Gasteiger partial charge in [0.1, 0.15) is 5.75 Å². The fourth-order valence-electron chi connectivity index (χ4n) is 2.39. The number of sulfonamides is 1. The van der Waals surface area contributed by atoms with Crippen LogP contribution in [0.5, 0.6) is 5.75 Å². The third-order valence-corrected chi connectivity index (χ3v) is 6.21. The number of benzene rings is 1. The molecule has 0 fully saturated rings. The fourth-order valence-corrected chi connectivity index (χ4v) is 3.84. The van der Waals surface area contributed by atoms with Gasteiger partial charge in [0.2, 0.25) is 10.0 Å². The van der Waals surface area contributed by atoms with Crippen LogP contribution in [-0.2, 0) is 10.0 Å². The first kappa shape index (κ1) is 21.4. The first-order valence-electron chi connectivity index (χ1n) is 8.76. The number of hydrogen-bond acceptors (Lipinski definition) is 7. The molecule has 0 aliphatic heterocycles. The zero-order chi connectivity index (χ0) is 21.7. The van der Waals surface area contributed by atoms with Crippen molar-refractivity contribution in [1.29, 1.82) is 0 Å². The molecular formula is C19H19N3O6S2. The maximum Gasteiger partial charge on any atom is 0.291 e. The molecule has 158 valence electrons. The molecule has 2 aromatic heterocycles. The number of anilines is 3. The Hall–Kier alpha value is -3.31. The summed E-state index contributed by atoms with van der Waals surface area (Å²) < 4.78 is 36.2. The van der Waals surface area contributed by atoms with Crippen molar-refractivity contribution in [3.05, 3.63) is 59.4 Å². The van der Waals surface area contributed by atoms with E-state index in [4.69, 9.17) is 9.15 Å². The Bertz CT molecular complexity index is 1150. The van der Waals surface area contributed by atoms with Gasteiger partial charge in [0.25, 0.3) is 11.8 Å². The number of thiophene rings is 1. The summed E-state index contributed by atoms with van der Waals surface area (Å²) in [6.45, 7) is 1.52. The lowest BCUT2D eigenvalue weighted by molar-refractivity contribution is 0.0995. The Balaban J connectivity index is 1.68. The van der Waals surface area contributed by atoms with Crippen LogP contribution in [0.4, 0.5) is 16.4 Å². The summed E-state index contributed by atoms with van der Waals surface area (Å²) in [4.78, 5) is 24.9. The van der Waals surface area contributed by atoms with Gasteiger partial charge in [-0.1, -0.05) is 0 Å². The lowest BCUT2D eigenvalue weighted by Gasteiger charge is -2.13. The van der Waals surface area contributed by atoms with Crippen LogP contribution < -0.4 is 20.1 Å². The quantitative estimate of drug-likeness (QED) is 0.482. The van der Waals surface area contributed by atoms with Gasteiger partial charge < -0.3 is 19.8 Å². The molecule has 0 bridgehead atoms. The van der Waals surface area contributed by atoms with Gasteiger partial charge in [-0.2, -0.15) is 0 Å². The van der Waals surface area contributed by atoms with Gasteiger partial charge in [-0.15, -0.1) is 11.3 Å². The molecular weight excluding hydrogens is 430 g/mol. The van der Waals surface area contributed by atoms with Crippen LogP contribution >= 0.6 is 11.3 Å². The number of carbonyl (C=O) groups is 2. The largest absolute Gasteiger partial charge is 0.494 e. The molecule has 9 nitrogen and oxygen atoms in total. The van der Waals surface area contributed by atoms with Crippen LogP contribution in [0.15, 0.2) is 53.1 Å². The summed E-state index contributed by atoms with van der Waals surface area (Å²) in [6, 6.07) is 10.9. The maximum atomic E-state index is 12.5. The average Bonchev–Trinajstić information content (AvgIpc) is 3.41. The third-order valence-electron chi connectivity index (χ3n) is 3.92. The highest BCUT2D eigenvalue weighted by Crippen LogP contribution is 2.30. The molecule has 1 aromatic carbocycles. The Morgan fingerprint density at radius 2 is 1.90 bits per heavy atom. The summed E-state index contributed by atoms with van der Waals surface area (Å²) in [7, 11) is -2.06. The van der Waals surface area contributed by atoms with Crippen molar-refractivity contribution in [3.8, 4) is 5.75 Å². The monoisotopic (exact) mass is 449 g/mol. The number of hydrogen-bond donors (Lipinski definition) is 3. The first-order chi connectivity index (χ1) is 14.3. The number of amides is 2. The summed E-state index contributed by atoms with van der Waals surface area (Å²) >= 11 is 1.10. The molecule has 11 heteroatoms. The second-order valence-electron chi connectivity index (χ2n) is 5.97. The predicted molar refractivity (Wildman–Crippen MR) is 115 cm³/mol. The lowest BCUT2D eigenvalue weighted by atomic mass is 10.2. The smallest absolute Gasteiger partial charge is 0.291 e. The number of ether oxygens (including phenoxy) is 1. The van der Waals surface area contributed by atoms with E-state index in [1.807, 2.05) is 0 Å². The van der Waals surface area contributed by atoms with Crippen molar-refractivity contribution in [2.75, 3.05) is 28.2 Å². The zero-order valence-electron chi connectivity index (χ0n) is 16.1. The SMILES string of the molecule is CCS(=O)(=O)Nc1ccc(NC(=O)c2ccc(NC(=O)c3ccco3)s2)cc1OC. The number of rotatable bonds is 8. The number of methoxy groups -OCH3 is 1. The van der Waals surface area contributed by atoms with Gasteiger partial charge in [0.15, 0.2) is 5.76 Å². The van der Waals surface area contributed by atoms with E-state index < -0.39 is 15.9 Å². The predicted octanol–water partition coefficient (Wildman–Crippen LogP) is 3.62. The topological polar surface area (TPSA) is 127 Å². The highest BCUT2D eigenvalue weighted by atomic mass is 32.2. The molecule has 0 saturated carbocycles. The second kappa shape index (κ2) is 9.01. The third kappa shape index (κ3) is 5.19. The van der Waals surface area contributed by atoms with Crippen molar-refractivity contribution in [2.45, 2.75) is 6.92 Å². The van der Waals surface area contributed by atoms with Crippen molar-refractivity contribution >= 4 is 49.6 Å². The highest BCUT2D eigenvalue weighted by Gasteiger charge is 2.15. The van der Waals surface area contributed by atoms with Crippen LogP contribution in [-0.4, -0.2) is 33.1 Å². The number of nitrogens with one attached hydrogen (secondary N) is 3. The normalized spacial score (nSPS) is 11.0. The van der Waals surface area contributed by atoms with Gasteiger partial charge in [0, 0.05) is 11.8 Å². The second-order valence-corrected chi connectivity index (χ2v) is 9.06. The summed E-state index contributed by atoms with van der Waals surface area (Å²) in [6.07, 6.45) is 1.40. The van der Waals surface area contributed by atoms with Crippen LogP contribution in [0.25, 0.3) is 0 Å². The van der Waals surface area contributed by atoms with Crippen LogP contribution in [0, 0.1) is 0 Å². The molecule has 3 rings (SSSR count). The van der Waals surface area contributed by atoms with Crippen molar-refractivity contribution < 1.29 is 27.2 Å². The van der Waals surface area contributed by atoms with E-state index in [1.165, 1.54) is 38.5 Å². The van der Waals surface area contributed by atoms with Crippen LogP contribution in [0.2, 0.25) is 0 Å². The fraction of sp³-hybridized carbons (Fsp3) is 0.158. The van der Waals surface area contributed by atoms with E-state index in [2.05, 4.69) is 15.4 Å². The molecule has 0 aliphatic carbocycles. The van der Waals surface area contributed by atoms with Crippen LogP contribution in [0.1, 0.15) is 27.2 Å². The van der Waals surface area contributed by atoms with E-state index in [-0.39, 0.29) is 28.9 Å². The zero-order valence-corrected chi connectivity index (χ0v) is 17.7. The van der Waals surface area contributed by atoms with Crippen molar-refractivity contribution in [2.24, 2.45) is 0 Å². The highest BCUT2D eigenvalue weighted by molar-refractivity contribution is 7.92. The molecule has 0 spiro atoms. The Labute approximate surface area is 177 Å².